The first-order valence-electron chi connectivity index (χ1n) is 5.22. The van der Waals surface area contributed by atoms with Gasteiger partial charge >= 0.3 is 0 Å². The van der Waals surface area contributed by atoms with E-state index >= 15 is 0 Å². The lowest BCUT2D eigenvalue weighted by atomic mass is 10.0. The van der Waals surface area contributed by atoms with Crippen molar-refractivity contribution in [2.75, 3.05) is 11.8 Å². The van der Waals surface area contributed by atoms with Gasteiger partial charge in [-0.15, -0.1) is 34.5 Å². The van der Waals surface area contributed by atoms with Gasteiger partial charge in [0.15, 0.2) is 0 Å². The van der Waals surface area contributed by atoms with Crippen LogP contribution in [-0.2, 0) is 10.0 Å². The Labute approximate surface area is 126 Å². The van der Waals surface area contributed by atoms with Crippen molar-refractivity contribution < 1.29 is 8.42 Å². The third kappa shape index (κ3) is 3.52. The fourth-order valence-corrected chi connectivity index (χ4v) is 5.39. The maximum absolute atomic E-state index is 12.2. The molecule has 1 rings (SSSR count). The molecule has 0 fully saturated rings. The van der Waals surface area contributed by atoms with Crippen LogP contribution in [-0.4, -0.2) is 25.7 Å². The fourth-order valence-electron chi connectivity index (χ4n) is 1.25. The SMILES string of the molecule is CCC(CCl)(CCl)NS(=O)(=O)c1cc(C)c(Cl)s1. The van der Waals surface area contributed by atoms with Gasteiger partial charge in [0.1, 0.15) is 4.21 Å². The lowest BCUT2D eigenvalue weighted by Crippen LogP contribution is -2.51. The van der Waals surface area contributed by atoms with Gasteiger partial charge in [0.25, 0.3) is 10.0 Å². The van der Waals surface area contributed by atoms with Crippen LogP contribution in [0.5, 0.6) is 0 Å². The van der Waals surface area contributed by atoms with Crippen LogP contribution < -0.4 is 4.72 Å². The number of thiophene rings is 1. The van der Waals surface area contributed by atoms with Gasteiger partial charge in [-0.1, -0.05) is 18.5 Å². The molecule has 1 aromatic rings. The molecule has 1 N–H and O–H groups in total. The average Bonchev–Trinajstić information content (AvgIpc) is 2.68. The number of sulfonamides is 1. The Bertz CT molecular complexity index is 481. The van der Waals surface area contributed by atoms with Gasteiger partial charge in [-0.25, -0.2) is 13.1 Å². The molecule has 0 aliphatic carbocycles. The van der Waals surface area contributed by atoms with E-state index in [-0.39, 0.29) is 16.0 Å². The van der Waals surface area contributed by atoms with E-state index in [2.05, 4.69) is 4.72 Å². The molecule has 0 radical (unpaired) electrons. The third-order valence-corrected chi connectivity index (χ3v) is 7.27. The number of nitrogens with one attached hydrogen (secondary N) is 1. The molecule has 0 saturated carbocycles. The second-order valence-electron chi connectivity index (χ2n) is 4.03. The molecule has 1 aromatic heterocycles. The normalized spacial score (nSPS) is 12.9. The fraction of sp³-hybridized carbons (Fsp3) is 0.600. The Morgan fingerprint density at radius 2 is 1.94 bits per heavy atom. The third-order valence-electron chi connectivity index (χ3n) is 2.64. The van der Waals surface area contributed by atoms with Crippen LogP contribution in [0.15, 0.2) is 10.3 Å². The Morgan fingerprint density at radius 3 is 2.28 bits per heavy atom. The molecule has 0 aromatic carbocycles. The van der Waals surface area contributed by atoms with E-state index in [9.17, 15) is 8.42 Å². The summed E-state index contributed by atoms with van der Waals surface area (Å²) >= 11 is 18.5. The zero-order valence-corrected chi connectivity index (χ0v) is 13.9. The first-order valence-corrected chi connectivity index (χ1v) is 8.97. The van der Waals surface area contributed by atoms with Gasteiger partial charge in [0, 0.05) is 11.8 Å². The van der Waals surface area contributed by atoms with Gasteiger partial charge in [0.2, 0.25) is 0 Å². The quantitative estimate of drug-likeness (QED) is 0.797. The molecular weight excluding hydrogens is 337 g/mol. The number of alkyl halides is 2. The van der Waals surface area contributed by atoms with Crippen molar-refractivity contribution in [1.82, 2.24) is 4.72 Å². The van der Waals surface area contributed by atoms with Gasteiger partial charge in [-0.3, -0.25) is 0 Å². The van der Waals surface area contributed by atoms with Crippen LogP contribution >= 0.6 is 46.1 Å². The summed E-state index contributed by atoms with van der Waals surface area (Å²) in [7, 11) is -3.64. The zero-order chi connectivity index (χ0) is 14.0. The summed E-state index contributed by atoms with van der Waals surface area (Å²) < 4.78 is 27.6. The second-order valence-corrected chi connectivity index (χ2v) is 8.13. The summed E-state index contributed by atoms with van der Waals surface area (Å²) in [6.45, 7) is 3.59. The highest BCUT2D eigenvalue weighted by Gasteiger charge is 2.33. The molecule has 0 atom stereocenters. The highest BCUT2D eigenvalue weighted by atomic mass is 35.5. The van der Waals surface area contributed by atoms with Crippen molar-refractivity contribution in [3.63, 3.8) is 0 Å². The van der Waals surface area contributed by atoms with Gasteiger partial charge in [-0.05, 0) is 25.0 Å². The highest BCUT2D eigenvalue weighted by molar-refractivity contribution is 7.91. The number of halogens is 3. The first-order chi connectivity index (χ1) is 8.30. The Morgan fingerprint density at radius 1 is 1.39 bits per heavy atom. The predicted octanol–water partition coefficient (Wildman–Crippen LogP) is 3.61. The van der Waals surface area contributed by atoms with E-state index in [1.165, 1.54) is 6.07 Å². The van der Waals surface area contributed by atoms with Crippen molar-refractivity contribution in [2.45, 2.75) is 30.0 Å². The summed E-state index contributed by atoms with van der Waals surface area (Å²) in [5.74, 6) is 0.231. The Hall–Kier alpha value is 0.480. The summed E-state index contributed by atoms with van der Waals surface area (Å²) in [5.41, 5.74) is -0.0901. The van der Waals surface area contributed by atoms with Crippen LogP contribution in [0.2, 0.25) is 4.34 Å². The van der Waals surface area contributed by atoms with Gasteiger partial charge in [0.05, 0.1) is 9.88 Å². The molecule has 0 aliphatic heterocycles. The van der Waals surface area contributed by atoms with Crippen LogP contribution in [0.4, 0.5) is 0 Å². The van der Waals surface area contributed by atoms with Crippen molar-refractivity contribution in [2.24, 2.45) is 0 Å². The lowest BCUT2D eigenvalue weighted by molar-refractivity contribution is 0.450. The van der Waals surface area contributed by atoms with Crippen molar-refractivity contribution >= 4 is 56.2 Å². The molecule has 0 bridgehead atoms. The van der Waals surface area contributed by atoms with E-state index in [4.69, 9.17) is 34.8 Å². The minimum atomic E-state index is -3.64. The minimum absolute atomic E-state index is 0.115. The largest absolute Gasteiger partial charge is 0.250 e. The molecule has 8 heteroatoms. The van der Waals surface area contributed by atoms with E-state index in [0.29, 0.717) is 10.8 Å². The van der Waals surface area contributed by atoms with Crippen LogP contribution in [0.25, 0.3) is 0 Å². The lowest BCUT2D eigenvalue weighted by Gasteiger charge is -2.28. The molecule has 0 unspecified atom stereocenters. The Balaban J connectivity index is 3.08. The van der Waals surface area contributed by atoms with Gasteiger partial charge < -0.3 is 0 Å². The summed E-state index contributed by atoms with van der Waals surface area (Å²) in [4.78, 5) is 0. The number of rotatable bonds is 6. The van der Waals surface area contributed by atoms with E-state index in [1.807, 2.05) is 6.92 Å². The highest BCUT2D eigenvalue weighted by Crippen LogP contribution is 2.31. The summed E-state index contributed by atoms with van der Waals surface area (Å²) in [5, 5.41) is 0. The molecule has 0 amide bonds. The topological polar surface area (TPSA) is 46.2 Å². The number of hydrogen-bond acceptors (Lipinski definition) is 3. The Kier molecular flexibility index (Phi) is 5.77. The number of aryl methyl sites for hydroxylation is 1. The maximum atomic E-state index is 12.2. The zero-order valence-electron chi connectivity index (χ0n) is 9.97. The average molecular weight is 351 g/mol. The minimum Gasteiger partial charge on any atom is -0.206 e. The molecule has 1 heterocycles. The molecule has 0 aliphatic rings. The van der Waals surface area contributed by atoms with Crippen LogP contribution in [0, 0.1) is 6.92 Å². The van der Waals surface area contributed by atoms with E-state index < -0.39 is 15.6 Å². The maximum Gasteiger partial charge on any atom is 0.250 e. The van der Waals surface area contributed by atoms with Crippen molar-refractivity contribution in [3.8, 4) is 0 Å². The monoisotopic (exact) mass is 349 g/mol. The molecule has 104 valence electrons. The summed E-state index contributed by atoms with van der Waals surface area (Å²) in [6.07, 6.45) is 0.511. The molecule has 18 heavy (non-hydrogen) atoms. The van der Waals surface area contributed by atoms with Gasteiger partial charge in [-0.2, -0.15) is 0 Å². The van der Waals surface area contributed by atoms with E-state index in [1.54, 1.807) is 6.92 Å². The smallest absolute Gasteiger partial charge is 0.206 e. The molecular formula is C10H14Cl3NO2S2. The number of hydrogen-bond donors (Lipinski definition) is 1. The van der Waals surface area contributed by atoms with E-state index in [0.717, 1.165) is 16.9 Å². The molecule has 3 nitrogen and oxygen atoms in total. The predicted molar refractivity (Wildman–Crippen MR) is 78.8 cm³/mol. The standard InChI is InChI=1S/C10H14Cl3NO2S2/c1-3-10(5-11,6-12)14-18(15,16)8-4-7(2)9(13)17-8/h4,14H,3,5-6H2,1-2H3. The molecule has 0 saturated heterocycles. The summed E-state index contributed by atoms with van der Waals surface area (Å²) in [6, 6.07) is 1.54. The van der Waals surface area contributed by atoms with Crippen LogP contribution in [0.1, 0.15) is 18.9 Å². The van der Waals surface area contributed by atoms with Crippen LogP contribution in [0.3, 0.4) is 0 Å². The molecule has 0 spiro atoms. The second kappa shape index (κ2) is 6.29. The first kappa shape index (κ1) is 16.5. The van der Waals surface area contributed by atoms with Crippen molar-refractivity contribution in [1.29, 1.82) is 0 Å². The van der Waals surface area contributed by atoms with Crippen molar-refractivity contribution in [3.05, 3.63) is 16.0 Å².